The number of para-hydroxylation sites is 1. The van der Waals surface area contributed by atoms with Crippen molar-refractivity contribution >= 4 is 23.3 Å². The van der Waals surface area contributed by atoms with E-state index in [4.69, 9.17) is 4.74 Å². The summed E-state index contributed by atoms with van der Waals surface area (Å²) in [5.41, 5.74) is 2.49. The van der Waals surface area contributed by atoms with E-state index in [-0.39, 0.29) is 16.9 Å². The van der Waals surface area contributed by atoms with Crippen molar-refractivity contribution < 1.29 is 19.1 Å². The van der Waals surface area contributed by atoms with E-state index in [2.05, 4.69) is 5.32 Å². The van der Waals surface area contributed by atoms with E-state index in [0.29, 0.717) is 11.3 Å². The van der Waals surface area contributed by atoms with Gasteiger partial charge in [-0.2, -0.15) is 0 Å². The third-order valence-electron chi connectivity index (χ3n) is 4.10. The summed E-state index contributed by atoms with van der Waals surface area (Å²) in [6, 6.07) is 22.4. The van der Waals surface area contributed by atoms with Crippen molar-refractivity contribution in [1.82, 2.24) is 0 Å². The number of hydrogen-bond donors (Lipinski definition) is 1. The summed E-state index contributed by atoms with van der Waals surface area (Å²) in [4.78, 5) is 37.2. The first-order valence-corrected chi connectivity index (χ1v) is 8.77. The first kappa shape index (κ1) is 19.0. The van der Waals surface area contributed by atoms with Gasteiger partial charge >= 0.3 is 5.97 Å². The van der Waals surface area contributed by atoms with Gasteiger partial charge < -0.3 is 10.1 Å². The predicted octanol–water partition coefficient (Wildman–Crippen LogP) is 4.02. The number of aryl methyl sites for hydroxylation is 1. The summed E-state index contributed by atoms with van der Waals surface area (Å²) in [6.45, 7) is 1.49. The number of anilines is 1. The molecule has 0 spiro atoms. The van der Waals surface area contributed by atoms with Crippen LogP contribution in [-0.2, 0) is 9.53 Å². The summed E-state index contributed by atoms with van der Waals surface area (Å²) < 4.78 is 5.10. The molecule has 1 amide bonds. The van der Waals surface area contributed by atoms with E-state index in [9.17, 15) is 14.4 Å². The molecule has 28 heavy (non-hydrogen) atoms. The summed E-state index contributed by atoms with van der Waals surface area (Å²) >= 11 is 0. The van der Waals surface area contributed by atoms with Crippen molar-refractivity contribution in [3.05, 3.63) is 101 Å². The third kappa shape index (κ3) is 4.71. The number of carbonyl (C=O) groups is 3. The minimum Gasteiger partial charge on any atom is -0.452 e. The van der Waals surface area contributed by atoms with Gasteiger partial charge in [0.05, 0.1) is 5.56 Å². The fourth-order valence-corrected chi connectivity index (χ4v) is 2.65. The van der Waals surface area contributed by atoms with Gasteiger partial charge in [0, 0.05) is 16.8 Å². The second-order valence-corrected chi connectivity index (χ2v) is 6.23. The summed E-state index contributed by atoms with van der Waals surface area (Å²) in [5, 5.41) is 2.63. The van der Waals surface area contributed by atoms with E-state index in [1.165, 1.54) is 6.07 Å². The van der Waals surface area contributed by atoms with Gasteiger partial charge in [-0.05, 0) is 25.1 Å². The minimum atomic E-state index is -0.723. The van der Waals surface area contributed by atoms with Gasteiger partial charge in [0.2, 0.25) is 0 Å². The molecule has 0 saturated heterocycles. The Hall–Kier alpha value is -3.73. The van der Waals surface area contributed by atoms with Crippen molar-refractivity contribution in [2.24, 2.45) is 0 Å². The molecule has 5 heteroatoms. The molecule has 5 nitrogen and oxygen atoms in total. The number of esters is 1. The zero-order chi connectivity index (χ0) is 19.9. The number of hydrogen-bond acceptors (Lipinski definition) is 4. The SMILES string of the molecule is Cc1ccc(C(=O)c2ccccc2C(=O)OCC(=O)Nc2ccccc2)cc1. The molecular formula is C23H19NO4. The number of ketones is 1. The number of ether oxygens (including phenoxy) is 1. The van der Waals surface area contributed by atoms with Gasteiger partial charge in [0.15, 0.2) is 12.4 Å². The van der Waals surface area contributed by atoms with Crippen molar-refractivity contribution in [2.45, 2.75) is 6.92 Å². The van der Waals surface area contributed by atoms with Crippen LogP contribution in [0.2, 0.25) is 0 Å². The molecule has 0 saturated carbocycles. The van der Waals surface area contributed by atoms with E-state index in [1.807, 2.05) is 25.1 Å². The molecule has 0 aliphatic rings. The van der Waals surface area contributed by atoms with Crippen LogP contribution in [0.3, 0.4) is 0 Å². The first-order chi connectivity index (χ1) is 13.5. The number of benzene rings is 3. The zero-order valence-electron chi connectivity index (χ0n) is 15.3. The topological polar surface area (TPSA) is 72.5 Å². The molecular weight excluding hydrogens is 354 g/mol. The molecule has 0 aliphatic heterocycles. The number of rotatable bonds is 6. The highest BCUT2D eigenvalue weighted by Gasteiger charge is 2.19. The highest BCUT2D eigenvalue weighted by molar-refractivity contribution is 6.14. The quantitative estimate of drug-likeness (QED) is 0.523. The molecule has 0 heterocycles. The van der Waals surface area contributed by atoms with Gasteiger partial charge in [-0.25, -0.2) is 4.79 Å². The second kappa shape index (κ2) is 8.77. The van der Waals surface area contributed by atoms with Crippen LogP contribution in [0.25, 0.3) is 0 Å². The van der Waals surface area contributed by atoms with Gasteiger partial charge in [0.25, 0.3) is 5.91 Å². The maximum absolute atomic E-state index is 12.8. The van der Waals surface area contributed by atoms with Crippen LogP contribution in [0, 0.1) is 6.92 Å². The van der Waals surface area contributed by atoms with Crippen molar-refractivity contribution in [3.8, 4) is 0 Å². The zero-order valence-corrected chi connectivity index (χ0v) is 15.3. The molecule has 0 aliphatic carbocycles. The lowest BCUT2D eigenvalue weighted by Crippen LogP contribution is -2.22. The first-order valence-electron chi connectivity index (χ1n) is 8.77. The molecule has 0 bridgehead atoms. The van der Waals surface area contributed by atoms with Crippen molar-refractivity contribution in [2.75, 3.05) is 11.9 Å². The fourth-order valence-electron chi connectivity index (χ4n) is 2.65. The smallest absolute Gasteiger partial charge is 0.339 e. The molecule has 140 valence electrons. The van der Waals surface area contributed by atoms with Crippen molar-refractivity contribution in [1.29, 1.82) is 0 Å². The Balaban J connectivity index is 1.69. The lowest BCUT2D eigenvalue weighted by Gasteiger charge is -2.10. The van der Waals surface area contributed by atoms with Crippen LogP contribution in [0.4, 0.5) is 5.69 Å². The Morgan fingerprint density at radius 2 is 1.39 bits per heavy atom. The molecule has 0 atom stereocenters. The van der Waals surface area contributed by atoms with E-state index in [0.717, 1.165) is 5.56 Å². The molecule has 3 aromatic carbocycles. The van der Waals surface area contributed by atoms with Crippen LogP contribution in [0.15, 0.2) is 78.9 Å². The third-order valence-corrected chi connectivity index (χ3v) is 4.10. The van der Waals surface area contributed by atoms with E-state index < -0.39 is 18.5 Å². The maximum Gasteiger partial charge on any atom is 0.339 e. The van der Waals surface area contributed by atoms with Gasteiger partial charge in [-0.15, -0.1) is 0 Å². The van der Waals surface area contributed by atoms with Crippen LogP contribution in [0.5, 0.6) is 0 Å². The Labute approximate surface area is 163 Å². The molecule has 0 radical (unpaired) electrons. The maximum atomic E-state index is 12.8. The number of carbonyl (C=O) groups excluding carboxylic acids is 3. The fraction of sp³-hybridized carbons (Fsp3) is 0.0870. The lowest BCUT2D eigenvalue weighted by molar-refractivity contribution is -0.119. The monoisotopic (exact) mass is 373 g/mol. The molecule has 3 aromatic rings. The van der Waals surface area contributed by atoms with Crippen LogP contribution in [-0.4, -0.2) is 24.3 Å². The Morgan fingerprint density at radius 1 is 0.786 bits per heavy atom. The van der Waals surface area contributed by atoms with Gasteiger partial charge in [-0.3, -0.25) is 9.59 Å². The average Bonchev–Trinajstić information content (AvgIpc) is 2.73. The Bertz CT molecular complexity index is 995. The Morgan fingerprint density at radius 3 is 2.07 bits per heavy atom. The standard InChI is InChI=1S/C23H19NO4/c1-16-11-13-17(14-12-16)22(26)19-9-5-6-10-20(19)23(27)28-15-21(25)24-18-7-3-2-4-8-18/h2-14H,15H2,1H3,(H,24,25). The largest absolute Gasteiger partial charge is 0.452 e. The molecule has 0 unspecified atom stereocenters. The van der Waals surface area contributed by atoms with Crippen LogP contribution >= 0.6 is 0 Å². The minimum absolute atomic E-state index is 0.126. The molecule has 1 N–H and O–H groups in total. The molecule has 0 fully saturated rings. The molecule has 3 rings (SSSR count). The van der Waals surface area contributed by atoms with E-state index in [1.54, 1.807) is 54.6 Å². The number of nitrogens with one attached hydrogen (secondary N) is 1. The predicted molar refractivity (Wildman–Crippen MR) is 106 cm³/mol. The average molecular weight is 373 g/mol. The van der Waals surface area contributed by atoms with Crippen LogP contribution in [0.1, 0.15) is 31.8 Å². The normalized spacial score (nSPS) is 10.2. The molecule has 0 aromatic heterocycles. The summed E-state index contributed by atoms with van der Waals surface area (Å²) in [7, 11) is 0. The summed E-state index contributed by atoms with van der Waals surface area (Å²) in [5.74, 6) is -1.46. The summed E-state index contributed by atoms with van der Waals surface area (Å²) in [6.07, 6.45) is 0. The van der Waals surface area contributed by atoms with Gasteiger partial charge in [0.1, 0.15) is 0 Å². The van der Waals surface area contributed by atoms with Crippen LogP contribution < -0.4 is 5.32 Å². The highest BCUT2D eigenvalue weighted by atomic mass is 16.5. The van der Waals surface area contributed by atoms with Crippen molar-refractivity contribution in [3.63, 3.8) is 0 Å². The highest BCUT2D eigenvalue weighted by Crippen LogP contribution is 2.16. The number of amides is 1. The second-order valence-electron chi connectivity index (χ2n) is 6.23. The Kier molecular flexibility index (Phi) is 5.97. The van der Waals surface area contributed by atoms with E-state index >= 15 is 0 Å². The van der Waals surface area contributed by atoms with Gasteiger partial charge in [-0.1, -0.05) is 66.2 Å². The lowest BCUT2D eigenvalue weighted by atomic mass is 9.98.